The molecule has 0 bridgehead atoms. The number of nitrogens with two attached hydrogens (primary N) is 1. The molecule has 1 aliphatic heterocycles. The van der Waals surface area contributed by atoms with E-state index in [0.29, 0.717) is 17.6 Å². The predicted octanol–water partition coefficient (Wildman–Crippen LogP) is 3.73. The molecule has 1 aliphatic carbocycles. The van der Waals surface area contributed by atoms with Crippen molar-refractivity contribution in [3.8, 4) is 0 Å². The molecule has 4 rings (SSSR count). The molecule has 1 saturated heterocycles. The Hall–Kier alpha value is -1.04. The van der Waals surface area contributed by atoms with Crippen LogP contribution < -0.4 is 5.73 Å². The van der Waals surface area contributed by atoms with Gasteiger partial charge in [-0.3, -0.25) is 4.79 Å². The highest BCUT2D eigenvalue weighted by molar-refractivity contribution is 9.10. The highest BCUT2D eigenvalue weighted by Crippen LogP contribution is 2.38. The number of rotatable bonds is 1. The molecule has 2 heterocycles. The summed E-state index contributed by atoms with van der Waals surface area (Å²) in [5.74, 6) is 1.51. The molecule has 0 spiro atoms. The number of amides is 1. The Morgan fingerprint density at radius 2 is 2.13 bits per heavy atom. The number of aryl methyl sites for hydroxylation is 1. The van der Waals surface area contributed by atoms with Gasteiger partial charge in [0.1, 0.15) is 5.58 Å². The number of carbonyl (C=O) groups excluding carboxylic acids is 1. The largest absolute Gasteiger partial charge is 0.451 e. The van der Waals surface area contributed by atoms with Gasteiger partial charge in [0.25, 0.3) is 5.91 Å². The molecule has 23 heavy (non-hydrogen) atoms. The number of fused-ring (bicyclic) bond motifs is 2. The molecule has 2 aliphatic rings. The van der Waals surface area contributed by atoms with Crippen molar-refractivity contribution in [1.29, 1.82) is 0 Å². The minimum atomic E-state index is 0. The second-order valence-corrected chi connectivity index (χ2v) is 7.49. The third kappa shape index (κ3) is 2.69. The van der Waals surface area contributed by atoms with E-state index in [4.69, 9.17) is 10.2 Å². The monoisotopic (exact) mass is 398 g/mol. The quantitative estimate of drug-likeness (QED) is 0.795. The van der Waals surface area contributed by atoms with E-state index in [1.165, 1.54) is 0 Å². The van der Waals surface area contributed by atoms with Gasteiger partial charge in [0.2, 0.25) is 0 Å². The van der Waals surface area contributed by atoms with Crippen molar-refractivity contribution >= 4 is 45.2 Å². The number of nitrogens with zero attached hydrogens (tertiary/aromatic N) is 1. The summed E-state index contributed by atoms with van der Waals surface area (Å²) >= 11 is 3.47. The summed E-state index contributed by atoms with van der Waals surface area (Å²) < 4.78 is 6.82. The number of likely N-dealkylation sites (tertiary alicyclic amines) is 1. The van der Waals surface area contributed by atoms with E-state index in [1.807, 2.05) is 30.0 Å². The van der Waals surface area contributed by atoms with Gasteiger partial charge >= 0.3 is 0 Å². The van der Waals surface area contributed by atoms with Crippen LogP contribution in [0.2, 0.25) is 0 Å². The first-order valence-corrected chi connectivity index (χ1v) is 8.57. The van der Waals surface area contributed by atoms with Crippen molar-refractivity contribution < 1.29 is 9.21 Å². The predicted molar refractivity (Wildman–Crippen MR) is 96.0 cm³/mol. The third-order valence-corrected chi connectivity index (χ3v) is 5.79. The Balaban J connectivity index is 0.00000156. The van der Waals surface area contributed by atoms with Crippen LogP contribution in [0.1, 0.15) is 29.0 Å². The molecule has 6 heteroatoms. The molecule has 1 aromatic heterocycles. The Kier molecular flexibility index (Phi) is 4.47. The molecule has 2 N–H and O–H groups in total. The summed E-state index contributed by atoms with van der Waals surface area (Å²) in [7, 11) is 0. The van der Waals surface area contributed by atoms with Gasteiger partial charge in [-0.2, -0.15) is 0 Å². The highest BCUT2D eigenvalue weighted by Gasteiger charge is 2.43. The summed E-state index contributed by atoms with van der Waals surface area (Å²) in [4.78, 5) is 14.8. The second kappa shape index (κ2) is 6.11. The van der Waals surface area contributed by atoms with E-state index >= 15 is 0 Å². The van der Waals surface area contributed by atoms with Crippen molar-refractivity contribution in [3.05, 3.63) is 34.0 Å². The van der Waals surface area contributed by atoms with E-state index in [1.54, 1.807) is 0 Å². The lowest BCUT2D eigenvalue weighted by molar-refractivity contribution is 0.0749. The second-order valence-electron chi connectivity index (χ2n) is 6.57. The van der Waals surface area contributed by atoms with Gasteiger partial charge < -0.3 is 15.1 Å². The van der Waals surface area contributed by atoms with Crippen LogP contribution in [0.25, 0.3) is 11.0 Å². The maximum absolute atomic E-state index is 12.8. The first-order valence-electron chi connectivity index (χ1n) is 7.78. The summed E-state index contributed by atoms with van der Waals surface area (Å²) in [6, 6.07) is 6.08. The molecule has 3 atom stereocenters. The summed E-state index contributed by atoms with van der Waals surface area (Å²) in [6.45, 7) is 3.54. The number of benzene rings is 1. The van der Waals surface area contributed by atoms with Gasteiger partial charge in [0, 0.05) is 34.6 Å². The standard InChI is InChI=1S/C17H19BrN2O2.ClH/c1-9-12-6-11(18)3-5-15(12)22-16(9)17(21)20-7-10-2-4-14(19)13(10)8-20;/h3,5-6,10,13-14H,2,4,7-8,19H2,1H3;1H. The van der Waals surface area contributed by atoms with Crippen LogP contribution in [0.4, 0.5) is 0 Å². The maximum atomic E-state index is 12.8. The van der Waals surface area contributed by atoms with Crippen molar-refractivity contribution in [2.45, 2.75) is 25.8 Å². The number of furan rings is 1. The van der Waals surface area contributed by atoms with E-state index in [2.05, 4.69) is 15.9 Å². The van der Waals surface area contributed by atoms with Crippen molar-refractivity contribution in [2.24, 2.45) is 17.6 Å². The Bertz CT molecular complexity index is 760. The zero-order chi connectivity index (χ0) is 15.4. The molecular weight excluding hydrogens is 380 g/mol. The van der Waals surface area contributed by atoms with Gasteiger partial charge in [0.15, 0.2) is 5.76 Å². The first-order chi connectivity index (χ1) is 10.5. The van der Waals surface area contributed by atoms with Crippen LogP contribution >= 0.6 is 28.3 Å². The number of carbonyl (C=O) groups is 1. The molecule has 0 radical (unpaired) electrons. The Morgan fingerprint density at radius 1 is 1.35 bits per heavy atom. The average Bonchev–Trinajstić information content (AvgIpc) is 3.15. The van der Waals surface area contributed by atoms with E-state index < -0.39 is 0 Å². The Labute approximate surface area is 149 Å². The maximum Gasteiger partial charge on any atom is 0.289 e. The van der Waals surface area contributed by atoms with Gasteiger partial charge in [-0.15, -0.1) is 12.4 Å². The third-order valence-electron chi connectivity index (χ3n) is 5.29. The van der Waals surface area contributed by atoms with Crippen molar-refractivity contribution in [2.75, 3.05) is 13.1 Å². The first kappa shape index (κ1) is 16.8. The molecule has 1 aromatic carbocycles. The van der Waals surface area contributed by atoms with E-state index in [-0.39, 0.29) is 24.4 Å². The van der Waals surface area contributed by atoms with E-state index in [0.717, 1.165) is 46.9 Å². The van der Waals surface area contributed by atoms with Crippen LogP contribution in [0, 0.1) is 18.8 Å². The van der Waals surface area contributed by atoms with Crippen LogP contribution in [-0.4, -0.2) is 29.9 Å². The van der Waals surface area contributed by atoms with Crippen molar-refractivity contribution in [3.63, 3.8) is 0 Å². The fourth-order valence-corrected chi connectivity index (χ4v) is 4.38. The van der Waals surface area contributed by atoms with Gasteiger partial charge in [0.05, 0.1) is 0 Å². The van der Waals surface area contributed by atoms with E-state index in [9.17, 15) is 4.79 Å². The normalized spacial score (nSPS) is 26.4. The minimum absolute atomic E-state index is 0. The zero-order valence-electron chi connectivity index (χ0n) is 12.9. The lowest BCUT2D eigenvalue weighted by Gasteiger charge is -2.17. The molecule has 1 saturated carbocycles. The van der Waals surface area contributed by atoms with Gasteiger partial charge in [-0.25, -0.2) is 0 Å². The van der Waals surface area contributed by atoms with Gasteiger partial charge in [-0.05, 0) is 49.8 Å². The summed E-state index contributed by atoms with van der Waals surface area (Å²) in [6.07, 6.45) is 2.23. The Morgan fingerprint density at radius 3 is 2.87 bits per heavy atom. The highest BCUT2D eigenvalue weighted by atomic mass is 79.9. The molecule has 4 nitrogen and oxygen atoms in total. The molecule has 1 amide bonds. The molecule has 124 valence electrons. The molecule has 2 aromatic rings. The number of halogens is 2. The van der Waals surface area contributed by atoms with Crippen LogP contribution in [-0.2, 0) is 0 Å². The molecular formula is C17H20BrClN2O2. The topological polar surface area (TPSA) is 59.5 Å². The fourth-order valence-electron chi connectivity index (χ4n) is 4.01. The SMILES string of the molecule is Cc1c(C(=O)N2CC3CCC(N)C3C2)oc2ccc(Br)cc12.Cl. The lowest BCUT2D eigenvalue weighted by Crippen LogP contribution is -2.33. The average molecular weight is 400 g/mol. The van der Waals surface area contributed by atoms with Crippen LogP contribution in [0.5, 0.6) is 0 Å². The number of hydrogen-bond acceptors (Lipinski definition) is 3. The molecule has 2 fully saturated rings. The summed E-state index contributed by atoms with van der Waals surface area (Å²) in [5.41, 5.74) is 7.85. The summed E-state index contributed by atoms with van der Waals surface area (Å²) in [5, 5.41) is 0.994. The number of hydrogen-bond donors (Lipinski definition) is 1. The smallest absolute Gasteiger partial charge is 0.289 e. The van der Waals surface area contributed by atoms with Crippen molar-refractivity contribution in [1.82, 2.24) is 4.90 Å². The minimum Gasteiger partial charge on any atom is -0.451 e. The van der Waals surface area contributed by atoms with Gasteiger partial charge in [-0.1, -0.05) is 15.9 Å². The zero-order valence-corrected chi connectivity index (χ0v) is 15.3. The lowest BCUT2D eigenvalue weighted by atomic mass is 9.98. The van der Waals surface area contributed by atoms with Crippen LogP contribution in [0.3, 0.4) is 0 Å². The van der Waals surface area contributed by atoms with Crippen LogP contribution in [0.15, 0.2) is 27.1 Å². The molecule has 3 unspecified atom stereocenters. The fraction of sp³-hybridized carbons (Fsp3) is 0.471.